The van der Waals surface area contributed by atoms with Gasteiger partial charge in [-0.25, -0.2) is 4.98 Å². The minimum absolute atomic E-state index is 0.804. The average molecular weight is 238 g/mol. The van der Waals surface area contributed by atoms with Crippen LogP contribution < -0.4 is 5.43 Å². The van der Waals surface area contributed by atoms with Crippen LogP contribution in [0, 0.1) is 0 Å². The smallest absolute Gasteiger partial charge is 0.159 e. The average Bonchev–Trinajstić information content (AvgIpc) is 2.61. The topological polar surface area (TPSA) is 29.9 Å². The lowest BCUT2D eigenvalue weighted by atomic mass is 10.5. The molecule has 0 fully saturated rings. The van der Waals surface area contributed by atoms with Gasteiger partial charge in [0, 0.05) is 18.6 Å². The summed E-state index contributed by atoms with van der Waals surface area (Å²) >= 11 is 3.40. The molecule has 0 saturated heterocycles. The van der Waals surface area contributed by atoms with Crippen molar-refractivity contribution in [3.63, 3.8) is 0 Å². The molecule has 1 N–H and O–H groups in total. The lowest BCUT2D eigenvalue weighted by Crippen LogP contribution is -2.07. The third-order valence-electron chi connectivity index (χ3n) is 1.60. The summed E-state index contributed by atoms with van der Waals surface area (Å²) < 4.78 is 2.79. The van der Waals surface area contributed by atoms with Crippen molar-refractivity contribution >= 4 is 21.7 Å². The Morgan fingerprint density at radius 2 is 2.00 bits per heavy atom. The molecule has 66 valence electrons. The fourth-order valence-electron chi connectivity index (χ4n) is 0.999. The van der Waals surface area contributed by atoms with E-state index >= 15 is 0 Å². The third-order valence-corrected chi connectivity index (χ3v) is 2.24. The maximum Gasteiger partial charge on any atom is 0.159 e. The van der Waals surface area contributed by atoms with Gasteiger partial charge in [0.15, 0.2) is 5.82 Å². The summed E-state index contributed by atoms with van der Waals surface area (Å²) in [6.07, 6.45) is 5.58. The van der Waals surface area contributed by atoms with E-state index in [1.807, 2.05) is 41.3 Å². The zero-order valence-corrected chi connectivity index (χ0v) is 8.40. The van der Waals surface area contributed by atoms with E-state index in [-0.39, 0.29) is 0 Å². The van der Waals surface area contributed by atoms with Crippen LogP contribution in [0.5, 0.6) is 0 Å². The van der Waals surface area contributed by atoms with E-state index in [1.165, 1.54) is 0 Å². The zero-order valence-electron chi connectivity index (χ0n) is 6.81. The summed E-state index contributed by atoms with van der Waals surface area (Å²) in [7, 11) is 0. The first-order valence-electron chi connectivity index (χ1n) is 3.87. The molecule has 0 radical (unpaired) electrons. The summed E-state index contributed by atoms with van der Waals surface area (Å²) in [5, 5.41) is 0. The highest BCUT2D eigenvalue weighted by atomic mass is 79.9. The molecule has 0 spiro atoms. The summed E-state index contributed by atoms with van der Waals surface area (Å²) in [5.41, 5.74) is 3.11. The van der Waals surface area contributed by atoms with Gasteiger partial charge in [-0.05, 0) is 40.2 Å². The highest BCUT2D eigenvalue weighted by molar-refractivity contribution is 9.10. The minimum atomic E-state index is 0.804. The van der Waals surface area contributed by atoms with Gasteiger partial charge >= 0.3 is 0 Å². The number of aromatic nitrogens is 2. The van der Waals surface area contributed by atoms with Crippen molar-refractivity contribution in [3.8, 4) is 0 Å². The fourth-order valence-corrected chi connectivity index (χ4v) is 1.34. The Bertz CT molecular complexity index is 384. The molecular weight excluding hydrogens is 230 g/mol. The fraction of sp³-hybridized carbons (Fsp3) is 0. The number of hydrogen-bond acceptors (Lipinski definition) is 2. The van der Waals surface area contributed by atoms with Crippen LogP contribution in [-0.4, -0.2) is 9.66 Å². The highest BCUT2D eigenvalue weighted by Gasteiger charge is 1.97. The van der Waals surface area contributed by atoms with Crippen LogP contribution in [0.25, 0.3) is 0 Å². The van der Waals surface area contributed by atoms with Crippen molar-refractivity contribution in [2.45, 2.75) is 0 Å². The lowest BCUT2D eigenvalue weighted by Gasteiger charge is -2.07. The number of nitrogens with one attached hydrogen (secondary N) is 1. The molecule has 0 bridgehead atoms. The van der Waals surface area contributed by atoms with Crippen LogP contribution in [0.4, 0.5) is 5.82 Å². The van der Waals surface area contributed by atoms with E-state index in [1.54, 1.807) is 6.20 Å². The first kappa shape index (κ1) is 8.31. The number of anilines is 1. The molecule has 2 aromatic rings. The quantitative estimate of drug-likeness (QED) is 0.871. The number of pyridine rings is 1. The zero-order chi connectivity index (χ0) is 9.10. The second kappa shape index (κ2) is 3.62. The number of hydrogen-bond donors (Lipinski definition) is 1. The molecule has 3 nitrogen and oxygen atoms in total. The first-order valence-corrected chi connectivity index (χ1v) is 4.66. The SMILES string of the molecule is Brc1cccnc1Nn1cccc1. The molecule has 0 aliphatic heterocycles. The van der Waals surface area contributed by atoms with Crippen molar-refractivity contribution in [2.24, 2.45) is 0 Å². The molecule has 13 heavy (non-hydrogen) atoms. The van der Waals surface area contributed by atoms with Gasteiger partial charge in [0.1, 0.15) is 0 Å². The standard InChI is InChI=1S/C9H8BrN3/c10-8-4-3-5-11-9(8)12-13-6-1-2-7-13/h1-7H,(H,11,12). The Kier molecular flexibility index (Phi) is 2.31. The van der Waals surface area contributed by atoms with E-state index < -0.39 is 0 Å². The van der Waals surface area contributed by atoms with Crippen LogP contribution >= 0.6 is 15.9 Å². The molecule has 0 saturated carbocycles. The van der Waals surface area contributed by atoms with Crippen LogP contribution in [0.1, 0.15) is 0 Å². The van der Waals surface area contributed by atoms with Crippen molar-refractivity contribution in [3.05, 3.63) is 47.3 Å². The molecular formula is C9H8BrN3. The van der Waals surface area contributed by atoms with Gasteiger partial charge in [0.2, 0.25) is 0 Å². The maximum atomic E-state index is 4.17. The molecule has 0 aromatic carbocycles. The van der Waals surface area contributed by atoms with Gasteiger partial charge in [-0.3, -0.25) is 10.1 Å². The molecule has 4 heteroatoms. The molecule has 2 aromatic heterocycles. The monoisotopic (exact) mass is 237 g/mol. The number of rotatable bonds is 2. The van der Waals surface area contributed by atoms with Gasteiger partial charge in [0.05, 0.1) is 4.47 Å². The van der Waals surface area contributed by atoms with Crippen molar-refractivity contribution in [1.82, 2.24) is 9.66 Å². The normalized spacial score (nSPS) is 9.92. The Balaban J connectivity index is 2.24. The van der Waals surface area contributed by atoms with E-state index in [0.717, 1.165) is 10.3 Å². The van der Waals surface area contributed by atoms with Crippen LogP contribution in [0.2, 0.25) is 0 Å². The second-order valence-corrected chi connectivity index (χ2v) is 3.39. The predicted molar refractivity (Wildman–Crippen MR) is 55.4 cm³/mol. The second-order valence-electron chi connectivity index (χ2n) is 2.54. The molecule has 0 aliphatic carbocycles. The Morgan fingerprint density at radius 1 is 1.23 bits per heavy atom. The molecule has 0 amide bonds. The lowest BCUT2D eigenvalue weighted by molar-refractivity contribution is 0.950. The predicted octanol–water partition coefficient (Wildman–Crippen LogP) is 2.52. The Morgan fingerprint density at radius 3 is 2.69 bits per heavy atom. The highest BCUT2D eigenvalue weighted by Crippen LogP contribution is 2.18. The van der Waals surface area contributed by atoms with E-state index in [4.69, 9.17) is 0 Å². The molecule has 0 unspecified atom stereocenters. The van der Waals surface area contributed by atoms with Crippen molar-refractivity contribution in [1.29, 1.82) is 0 Å². The summed E-state index contributed by atoms with van der Waals surface area (Å²) in [4.78, 5) is 4.17. The first-order chi connectivity index (χ1) is 6.36. The summed E-state index contributed by atoms with van der Waals surface area (Å²) in [6.45, 7) is 0. The van der Waals surface area contributed by atoms with E-state index in [9.17, 15) is 0 Å². The van der Waals surface area contributed by atoms with Gasteiger partial charge in [0.25, 0.3) is 0 Å². The van der Waals surface area contributed by atoms with E-state index in [2.05, 4.69) is 26.3 Å². The number of halogens is 1. The molecule has 0 aliphatic rings. The summed E-state index contributed by atoms with van der Waals surface area (Å²) in [5.74, 6) is 0.804. The Labute approximate surface area is 84.5 Å². The van der Waals surface area contributed by atoms with Gasteiger partial charge in [-0.15, -0.1) is 0 Å². The van der Waals surface area contributed by atoms with Crippen LogP contribution in [-0.2, 0) is 0 Å². The van der Waals surface area contributed by atoms with Gasteiger partial charge < -0.3 is 0 Å². The van der Waals surface area contributed by atoms with Crippen LogP contribution in [0.15, 0.2) is 47.3 Å². The minimum Gasteiger partial charge on any atom is -0.277 e. The number of nitrogens with zero attached hydrogens (tertiary/aromatic N) is 2. The van der Waals surface area contributed by atoms with Gasteiger partial charge in [-0.2, -0.15) is 0 Å². The molecule has 0 atom stereocenters. The van der Waals surface area contributed by atoms with Crippen molar-refractivity contribution in [2.75, 3.05) is 5.43 Å². The largest absolute Gasteiger partial charge is 0.277 e. The maximum absolute atomic E-state index is 4.17. The molecule has 2 heterocycles. The van der Waals surface area contributed by atoms with Crippen LogP contribution in [0.3, 0.4) is 0 Å². The third kappa shape index (κ3) is 1.89. The van der Waals surface area contributed by atoms with Crippen molar-refractivity contribution < 1.29 is 0 Å². The van der Waals surface area contributed by atoms with E-state index in [0.29, 0.717) is 0 Å². The summed E-state index contributed by atoms with van der Waals surface area (Å²) in [6, 6.07) is 7.72. The Hall–Kier alpha value is -1.29. The molecule has 2 rings (SSSR count). The van der Waals surface area contributed by atoms with Gasteiger partial charge in [-0.1, -0.05) is 0 Å².